The lowest BCUT2D eigenvalue weighted by Crippen LogP contribution is -2.05. The van der Waals surface area contributed by atoms with Crippen LogP contribution < -0.4 is 0 Å². The van der Waals surface area contributed by atoms with Crippen LogP contribution in [-0.4, -0.2) is 39.2 Å². The third kappa shape index (κ3) is 2.23. The summed E-state index contributed by atoms with van der Waals surface area (Å²) >= 11 is 5.85. The van der Waals surface area contributed by atoms with Crippen molar-refractivity contribution in [2.75, 3.05) is 6.26 Å². The number of nitrogens with zero attached hydrogens (tertiary/aromatic N) is 5. The van der Waals surface area contributed by atoms with Crippen LogP contribution in [-0.2, 0) is 9.84 Å². The van der Waals surface area contributed by atoms with Crippen LogP contribution in [0.4, 0.5) is 0 Å². The molecule has 0 aliphatic carbocycles. The quantitative estimate of drug-likeness (QED) is 0.662. The number of imidazole rings is 1. The molecule has 9 heteroatoms. The molecule has 3 aromatic rings. The zero-order valence-electron chi connectivity index (χ0n) is 10.2. The molecular weight excluding hydrogens is 302 g/mol. The number of fused-ring (bicyclic) bond motifs is 1. The molecule has 3 heterocycles. The van der Waals surface area contributed by atoms with Crippen molar-refractivity contribution in [3.05, 3.63) is 35.7 Å². The molecule has 3 rings (SSSR count). The molecule has 7 nitrogen and oxygen atoms in total. The molecule has 0 aliphatic heterocycles. The second kappa shape index (κ2) is 4.50. The highest BCUT2D eigenvalue weighted by Gasteiger charge is 2.14. The lowest BCUT2D eigenvalue weighted by atomic mass is 10.3. The molecule has 0 aromatic carbocycles. The number of sulfone groups is 1. The molecule has 0 saturated carbocycles. The third-order valence-electron chi connectivity index (χ3n) is 2.56. The summed E-state index contributed by atoms with van der Waals surface area (Å²) in [6, 6.07) is 4.91. The maximum atomic E-state index is 11.5. The van der Waals surface area contributed by atoms with Gasteiger partial charge in [0.2, 0.25) is 15.0 Å². The minimum atomic E-state index is -3.48. The molecule has 0 unspecified atom stereocenters. The van der Waals surface area contributed by atoms with Gasteiger partial charge in [-0.1, -0.05) is 11.6 Å². The SMILES string of the molecule is CS(=O)(=O)c1nccc(-c2cnc3ccc(Cl)nn23)n1. The van der Waals surface area contributed by atoms with Gasteiger partial charge >= 0.3 is 0 Å². The molecule has 0 amide bonds. The lowest BCUT2D eigenvalue weighted by molar-refractivity contribution is 0.593. The smallest absolute Gasteiger partial charge is 0.235 e. The van der Waals surface area contributed by atoms with E-state index in [1.807, 2.05) is 0 Å². The number of halogens is 1. The van der Waals surface area contributed by atoms with Crippen LogP contribution in [0, 0.1) is 0 Å². The summed E-state index contributed by atoms with van der Waals surface area (Å²) in [5.74, 6) is 0. The Bertz CT molecular complexity index is 906. The molecule has 0 fully saturated rings. The molecule has 20 heavy (non-hydrogen) atoms. The first kappa shape index (κ1) is 12.9. The van der Waals surface area contributed by atoms with Crippen LogP contribution in [0.25, 0.3) is 17.0 Å². The van der Waals surface area contributed by atoms with Crippen LogP contribution in [0.1, 0.15) is 0 Å². The Kier molecular flexibility index (Phi) is 2.91. The minimum absolute atomic E-state index is 0.244. The molecule has 0 N–H and O–H groups in total. The van der Waals surface area contributed by atoms with E-state index in [0.29, 0.717) is 22.2 Å². The van der Waals surface area contributed by atoms with Crippen molar-refractivity contribution in [2.45, 2.75) is 5.16 Å². The fraction of sp³-hybridized carbons (Fsp3) is 0.0909. The van der Waals surface area contributed by atoms with Gasteiger partial charge in [-0.05, 0) is 18.2 Å². The van der Waals surface area contributed by atoms with E-state index in [-0.39, 0.29) is 5.16 Å². The van der Waals surface area contributed by atoms with E-state index in [4.69, 9.17) is 11.6 Å². The summed E-state index contributed by atoms with van der Waals surface area (Å²) in [6.45, 7) is 0. The first-order chi connectivity index (χ1) is 9.45. The molecule has 3 aromatic heterocycles. The van der Waals surface area contributed by atoms with Gasteiger partial charge in [0.15, 0.2) is 5.65 Å². The zero-order valence-corrected chi connectivity index (χ0v) is 11.8. The second-order valence-corrected chi connectivity index (χ2v) is 6.36. The Morgan fingerprint density at radius 3 is 2.75 bits per heavy atom. The number of rotatable bonds is 2. The van der Waals surface area contributed by atoms with E-state index in [0.717, 1.165) is 6.26 Å². The standard InChI is InChI=1S/C11H8ClN5O2S/c1-20(18,19)11-13-5-4-7(15-11)8-6-14-10-3-2-9(12)16-17(8)10/h2-6H,1H3. The maximum Gasteiger partial charge on any atom is 0.247 e. The summed E-state index contributed by atoms with van der Waals surface area (Å²) in [5.41, 5.74) is 1.53. The van der Waals surface area contributed by atoms with Crippen molar-refractivity contribution < 1.29 is 8.42 Å². The van der Waals surface area contributed by atoms with E-state index in [1.165, 1.54) is 10.7 Å². The monoisotopic (exact) mass is 309 g/mol. The molecular formula is C11H8ClN5O2S. The van der Waals surface area contributed by atoms with Gasteiger partial charge in [0.1, 0.15) is 10.8 Å². The Morgan fingerprint density at radius 1 is 1.20 bits per heavy atom. The Hall–Kier alpha value is -2.06. The Morgan fingerprint density at radius 2 is 2.00 bits per heavy atom. The first-order valence-corrected chi connectivity index (χ1v) is 7.76. The van der Waals surface area contributed by atoms with E-state index < -0.39 is 9.84 Å². The number of hydrogen-bond acceptors (Lipinski definition) is 6. The van der Waals surface area contributed by atoms with Gasteiger partial charge in [-0.15, -0.1) is 0 Å². The van der Waals surface area contributed by atoms with Crippen LogP contribution in [0.3, 0.4) is 0 Å². The average molecular weight is 310 g/mol. The highest BCUT2D eigenvalue weighted by molar-refractivity contribution is 7.90. The van der Waals surface area contributed by atoms with Crippen molar-refractivity contribution in [1.29, 1.82) is 0 Å². The van der Waals surface area contributed by atoms with E-state index in [1.54, 1.807) is 24.4 Å². The summed E-state index contributed by atoms with van der Waals surface area (Å²) in [4.78, 5) is 11.9. The van der Waals surface area contributed by atoms with Crippen LogP contribution in [0.15, 0.2) is 35.7 Å². The van der Waals surface area contributed by atoms with Crippen molar-refractivity contribution in [1.82, 2.24) is 24.6 Å². The van der Waals surface area contributed by atoms with Crippen LogP contribution >= 0.6 is 11.6 Å². The first-order valence-electron chi connectivity index (χ1n) is 5.49. The highest BCUT2D eigenvalue weighted by atomic mass is 35.5. The van der Waals surface area contributed by atoms with Crippen LogP contribution in [0.2, 0.25) is 5.15 Å². The van der Waals surface area contributed by atoms with Crippen molar-refractivity contribution in [3.8, 4) is 11.4 Å². The Labute approximate surface area is 119 Å². The largest absolute Gasteiger partial charge is 0.247 e. The molecule has 0 saturated heterocycles. The number of hydrogen-bond donors (Lipinski definition) is 0. The fourth-order valence-electron chi connectivity index (χ4n) is 1.69. The predicted octanol–water partition coefficient (Wildman–Crippen LogP) is 1.24. The topological polar surface area (TPSA) is 90.1 Å². The second-order valence-electron chi connectivity index (χ2n) is 4.07. The molecule has 0 spiro atoms. The van der Waals surface area contributed by atoms with Crippen LogP contribution in [0.5, 0.6) is 0 Å². The summed E-state index contributed by atoms with van der Waals surface area (Å²) in [5, 5.41) is 4.17. The number of aromatic nitrogens is 5. The van der Waals surface area contributed by atoms with Gasteiger partial charge in [0.25, 0.3) is 0 Å². The van der Waals surface area contributed by atoms with Gasteiger partial charge in [0, 0.05) is 12.5 Å². The Balaban J connectivity index is 2.23. The van der Waals surface area contributed by atoms with Gasteiger partial charge in [-0.3, -0.25) is 0 Å². The van der Waals surface area contributed by atoms with Gasteiger partial charge in [-0.2, -0.15) is 5.10 Å². The minimum Gasteiger partial charge on any atom is -0.235 e. The maximum absolute atomic E-state index is 11.5. The van der Waals surface area contributed by atoms with E-state index in [9.17, 15) is 8.42 Å². The zero-order chi connectivity index (χ0) is 14.3. The van der Waals surface area contributed by atoms with E-state index >= 15 is 0 Å². The van der Waals surface area contributed by atoms with Crippen molar-refractivity contribution >= 4 is 27.1 Å². The predicted molar refractivity (Wildman–Crippen MR) is 72.1 cm³/mol. The van der Waals surface area contributed by atoms with Gasteiger partial charge < -0.3 is 0 Å². The third-order valence-corrected chi connectivity index (χ3v) is 3.62. The van der Waals surface area contributed by atoms with E-state index in [2.05, 4.69) is 20.1 Å². The average Bonchev–Trinajstić information content (AvgIpc) is 2.81. The summed E-state index contributed by atoms with van der Waals surface area (Å²) in [6.07, 6.45) is 3.98. The molecule has 0 bridgehead atoms. The van der Waals surface area contributed by atoms with Gasteiger partial charge in [0.05, 0.1) is 11.9 Å². The molecule has 0 radical (unpaired) electrons. The summed E-state index contributed by atoms with van der Waals surface area (Å²) < 4.78 is 24.5. The fourth-order valence-corrected chi connectivity index (χ4v) is 2.34. The molecule has 0 atom stereocenters. The molecule has 0 aliphatic rings. The van der Waals surface area contributed by atoms with Gasteiger partial charge in [-0.25, -0.2) is 27.9 Å². The van der Waals surface area contributed by atoms with Crippen molar-refractivity contribution in [2.24, 2.45) is 0 Å². The molecule has 102 valence electrons. The normalized spacial score (nSPS) is 11.9. The highest BCUT2D eigenvalue weighted by Crippen LogP contribution is 2.19. The van der Waals surface area contributed by atoms with Crippen molar-refractivity contribution in [3.63, 3.8) is 0 Å². The lowest BCUT2D eigenvalue weighted by Gasteiger charge is -2.02. The summed E-state index contributed by atoms with van der Waals surface area (Å²) in [7, 11) is -3.48.